The summed E-state index contributed by atoms with van der Waals surface area (Å²) in [5.41, 5.74) is 10.2. The molecule has 0 spiro atoms. The molecule has 3 heterocycles. The van der Waals surface area contributed by atoms with E-state index in [0.717, 1.165) is 13.1 Å². The molecule has 2 aromatic rings. The van der Waals surface area contributed by atoms with E-state index in [2.05, 4.69) is 27.3 Å². The molecule has 7 nitrogen and oxygen atoms in total. The van der Waals surface area contributed by atoms with E-state index >= 15 is 0 Å². The van der Waals surface area contributed by atoms with Crippen molar-refractivity contribution in [3.05, 3.63) is 35.0 Å². The molecule has 1 aromatic carbocycles. The second-order valence-corrected chi connectivity index (χ2v) is 6.12. The molecule has 0 atom stereocenters. The molecule has 1 aromatic heterocycles. The fourth-order valence-corrected chi connectivity index (χ4v) is 3.43. The molecular weight excluding hydrogens is 318 g/mol. The zero-order valence-corrected chi connectivity index (χ0v) is 13.6. The van der Waals surface area contributed by atoms with Crippen LogP contribution in [0.25, 0.3) is 10.9 Å². The Labute approximate surface area is 144 Å². The number of hydrogen-bond donors (Lipinski definition) is 2. The van der Waals surface area contributed by atoms with Crippen LogP contribution in [0.3, 0.4) is 0 Å². The van der Waals surface area contributed by atoms with Crippen molar-refractivity contribution in [1.82, 2.24) is 14.9 Å². The first-order valence-electron chi connectivity index (χ1n) is 8.18. The Kier molecular flexibility index (Phi) is 3.75. The molecule has 0 saturated carbocycles. The molecule has 1 fully saturated rings. The lowest BCUT2D eigenvalue weighted by atomic mass is 10.1. The van der Waals surface area contributed by atoms with Gasteiger partial charge in [-0.1, -0.05) is 12.0 Å². The first-order chi connectivity index (χ1) is 12.2. The zero-order valence-electron chi connectivity index (χ0n) is 13.6. The summed E-state index contributed by atoms with van der Waals surface area (Å²) in [5.74, 6) is 5.88. The summed E-state index contributed by atoms with van der Waals surface area (Å²) in [6.45, 7) is 2.73. The quantitative estimate of drug-likeness (QED) is 0.764. The van der Waals surface area contributed by atoms with Gasteiger partial charge in [0.15, 0.2) is 0 Å². The summed E-state index contributed by atoms with van der Waals surface area (Å²) in [7, 11) is 0. The average Bonchev–Trinajstić information content (AvgIpc) is 3.16. The van der Waals surface area contributed by atoms with Gasteiger partial charge >= 0.3 is 6.03 Å². The monoisotopic (exact) mass is 335 g/mol. The third-order valence-electron chi connectivity index (χ3n) is 4.56. The second-order valence-electron chi connectivity index (χ2n) is 6.12. The Hall–Kier alpha value is -3.11. The van der Waals surface area contributed by atoms with Crippen molar-refractivity contribution >= 4 is 29.1 Å². The number of carbonyl (C=O) groups is 2. The first kappa shape index (κ1) is 15.4. The maximum Gasteiger partial charge on any atom is 0.324 e. The van der Waals surface area contributed by atoms with Crippen LogP contribution in [-0.2, 0) is 0 Å². The van der Waals surface area contributed by atoms with Crippen molar-refractivity contribution in [1.29, 1.82) is 0 Å². The molecule has 2 amide bonds. The van der Waals surface area contributed by atoms with Gasteiger partial charge in [-0.2, -0.15) is 5.10 Å². The first-order valence-corrected chi connectivity index (χ1v) is 8.18. The molecular formula is C18H17N5O2. The summed E-state index contributed by atoms with van der Waals surface area (Å²) in [4.78, 5) is 26.5. The van der Waals surface area contributed by atoms with Crippen molar-refractivity contribution in [2.24, 2.45) is 10.8 Å². The fourth-order valence-electron chi connectivity index (χ4n) is 3.43. The van der Waals surface area contributed by atoms with Crippen LogP contribution in [0.5, 0.6) is 0 Å². The van der Waals surface area contributed by atoms with Gasteiger partial charge in [0.25, 0.3) is 5.91 Å². The summed E-state index contributed by atoms with van der Waals surface area (Å²) in [6, 6.07) is 4.54. The van der Waals surface area contributed by atoms with Gasteiger partial charge in [0.1, 0.15) is 5.69 Å². The van der Waals surface area contributed by atoms with Gasteiger partial charge in [-0.15, -0.1) is 0 Å². The number of likely N-dealkylation sites (tertiary alicyclic amines) is 1. The normalized spacial score (nSPS) is 16.4. The van der Waals surface area contributed by atoms with Crippen LogP contribution in [0.1, 0.15) is 34.5 Å². The van der Waals surface area contributed by atoms with E-state index in [0.29, 0.717) is 34.3 Å². The highest BCUT2D eigenvalue weighted by Crippen LogP contribution is 2.29. The van der Waals surface area contributed by atoms with Gasteiger partial charge in [-0.3, -0.25) is 14.3 Å². The standard InChI is InChI=1S/C18H17N5O2/c19-18(25)23-14(7-4-10-22-8-1-2-9-22)13-11-20-21-17(24)12-5-3-6-15(23)16(12)13/h3,5-6,11H,1-2,8-10H2,(H2,19,25)(H,21,24). The van der Waals surface area contributed by atoms with Crippen LogP contribution in [0.2, 0.25) is 0 Å². The summed E-state index contributed by atoms with van der Waals surface area (Å²) < 4.78 is 1.36. The number of aromatic nitrogens is 1. The number of primary amides is 1. The molecule has 0 bridgehead atoms. The molecule has 4 rings (SSSR count). The van der Waals surface area contributed by atoms with Crippen LogP contribution in [0.15, 0.2) is 23.3 Å². The summed E-state index contributed by atoms with van der Waals surface area (Å²) >= 11 is 0. The number of hydrazone groups is 1. The minimum absolute atomic E-state index is 0.321. The van der Waals surface area contributed by atoms with Gasteiger partial charge in [-0.05, 0) is 44.0 Å². The lowest BCUT2D eigenvalue weighted by Crippen LogP contribution is -2.22. The number of carbonyl (C=O) groups excluding carboxylic acids is 2. The Morgan fingerprint density at radius 2 is 2.12 bits per heavy atom. The Morgan fingerprint density at radius 3 is 2.88 bits per heavy atom. The SMILES string of the molecule is NC(=O)n1c(C#CCN2CCCC2)c2c3c(cccc31)C(=O)NN=C2. The van der Waals surface area contributed by atoms with Gasteiger partial charge in [0, 0.05) is 10.9 Å². The highest BCUT2D eigenvalue weighted by molar-refractivity contribution is 6.17. The molecule has 25 heavy (non-hydrogen) atoms. The predicted molar refractivity (Wildman–Crippen MR) is 94.5 cm³/mol. The molecule has 2 aliphatic heterocycles. The van der Waals surface area contributed by atoms with Crippen molar-refractivity contribution in [3.63, 3.8) is 0 Å². The van der Waals surface area contributed by atoms with E-state index in [4.69, 9.17) is 5.73 Å². The van der Waals surface area contributed by atoms with Crippen LogP contribution in [-0.4, -0.2) is 47.3 Å². The number of hydrogen-bond acceptors (Lipinski definition) is 4. The Balaban J connectivity index is 1.90. The fraction of sp³-hybridized carbons (Fsp3) is 0.278. The van der Waals surface area contributed by atoms with Crippen molar-refractivity contribution in [2.75, 3.05) is 19.6 Å². The maximum atomic E-state index is 12.2. The van der Waals surface area contributed by atoms with Crippen molar-refractivity contribution < 1.29 is 9.59 Å². The third-order valence-corrected chi connectivity index (χ3v) is 4.56. The molecule has 3 N–H and O–H groups in total. The van der Waals surface area contributed by atoms with Crippen LogP contribution < -0.4 is 11.2 Å². The molecule has 0 aliphatic carbocycles. The van der Waals surface area contributed by atoms with E-state index < -0.39 is 6.03 Å². The molecule has 1 saturated heterocycles. The van der Waals surface area contributed by atoms with E-state index in [1.54, 1.807) is 18.2 Å². The highest BCUT2D eigenvalue weighted by atomic mass is 16.2. The topological polar surface area (TPSA) is 92.7 Å². The van der Waals surface area contributed by atoms with Gasteiger partial charge in [-0.25, -0.2) is 10.2 Å². The van der Waals surface area contributed by atoms with Crippen LogP contribution >= 0.6 is 0 Å². The molecule has 2 aliphatic rings. The number of amides is 2. The lowest BCUT2D eigenvalue weighted by molar-refractivity contribution is 0.0957. The number of nitrogens with zero attached hydrogens (tertiary/aromatic N) is 3. The average molecular weight is 335 g/mol. The van der Waals surface area contributed by atoms with E-state index in [-0.39, 0.29) is 5.91 Å². The summed E-state index contributed by atoms with van der Waals surface area (Å²) in [5, 5.41) is 4.59. The van der Waals surface area contributed by atoms with Gasteiger partial charge in [0.05, 0.1) is 23.8 Å². The third kappa shape index (κ3) is 2.57. The number of benzene rings is 1. The number of rotatable bonds is 1. The van der Waals surface area contributed by atoms with E-state index in [1.807, 2.05) is 0 Å². The van der Waals surface area contributed by atoms with E-state index in [9.17, 15) is 9.59 Å². The van der Waals surface area contributed by atoms with Crippen molar-refractivity contribution in [2.45, 2.75) is 12.8 Å². The van der Waals surface area contributed by atoms with Gasteiger partial charge in [0.2, 0.25) is 0 Å². The van der Waals surface area contributed by atoms with Crippen molar-refractivity contribution in [3.8, 4) is 11.8 Å². The number of nitrogens with one attached hydrogen (secondary N) is 1. The predicted octanol–water partition coefficient (Wildman–Crippen LogP) is 1.09. The Morgan fingerprint density at radius 1 is 1.32 bits per heavy atom. The molecule has 7 heteroatoms. The molecule has 126 valence electrons. The number of nitrogens with two attached hydrogens (primary N) is 1. The second kappa shape index (κ2) is 6.07. The summed E-state index contributed by atoms with van der Waals surface area (Å²) in [6.07, 6.45) is 3.91. The highest BCUT2D eigenvalue weighted by Gasteiger charge is 2.24. The molecule has 0 unspecified atom stereocenters. The minimum Gasteiger partial charge on any atom is -0.351 e. The largest absolute Gasteiger partial charge is 0.351 e. The van der Waals surface area contributed by atoms with Crippen LogP contribution in [0.4, 0.5) is 4.79 Å². The van der Waals surface area contributed by atoms with E-state index in [1.165, 1.54) is 23.6 Å². The van der Waals surface area contributed by atoms with Gasteiger partial charge < -0.3 is 5.73 Å². The zero-order chi connectivity index (χ0) is 17.4. The smallest absolute Gasteiger partial charge is 0.324 e. The Bertz CT molecular complexity index is 971. The maximum absolute atomic E-state index is 12.2. The van der Waals surface area contributed by atoms with Crippen LogP contribution in [0, 0.1) is 11.8 Å². The lowest BCUT2D eigenvalue weighted by Gasteiger charge is -2.08. The molecule has 0 radical (unpaired) electrons. The minimum atomic E-state index is -0.631.